The van der Waals surface area contributed by atoms with Gasteiger partial charge in [0.25, 0.3) is 0 Å². The number of aromatic nitrogens is 1. The van der Waals surface area contributed by atoms with Gasteiger partial charge in [0.15, 0.2) is 5.13 Å². The molecule has 19 heavy (non-hydrogen) atoms. The topological polar surface area (TPSA) is 80.3 Å². The number of nitrogens with zero attached hydrogens (tertiary/aromatic N) is 1. The van der Waals surface area contributed by atoms with Crippen LogP contribution in [0.15, 0.2) is 5.38 Å². The van der Waals surface area contributed by atoms with Gasteiger partial charge in [0.1, 0.15) is 0 Å². The van der Waals surface area contributed by atoms with Gasteiger partial charge in [-0.15, -0.1) is 11.3 Å². The molecule has 0 spiro atoms. The van der Waals surface area contributed by atoms with Crippen molar-refractivity contribution in [2.45, 2.75) is 26.7 Å². The van der Waals surface area contributed by atoms with Crippen molar-refractivity contribution in [3.63, 3.8) is 0 Å². The molecule has 0 saturated carbocycles. The van der Waals surface area contributed by atoms with E-state index in [1.165, 1.54) is 18.3 Å². The summed E-state index contributed by atoms with van der Waals surface area (Å²) >= 11 is 1.49. The maximum Gasteiger partial charge on any atom is 0.306 e. The van der Waals surface area contributed by atoms with Gasteiger partial charge >= 0.3 is 5.97 Å². The number of carbonyl (C=O) groups is 2. The number of esters is 1. The zero-order chi connectivity index (χ0) is 14.1. The molecule has 0 atom stereocenters. The van der Waals surface area contributed by atoms with Gasteiger partial charge in [-0.2, -0.15) is 0 Å². The average Bonchev–Trinajstić information content (AvgIpc) is 2.80. The summed E-state index contributed by atoms with van der Waals surface area (Å²) in [5, 5.41) is 8.51. The molecule has 1 aromatic heterocycles. The van der Waals surface area contributed by atoms with Crippen LogP contribution >= 0.6 is 11.3 Å². The second-order valence-corrected chi connectivity index (χ2v) is 4.72. The zero-order valence-electron chi connectivity index (χ0n) is 11.2. The number of rotatable bonds is 8. The van der Waals surface area contributed by atoms with Crippen molar-refractivity contribution in [2.24, 2.45) is 0 Å². The van der Waals surface area contributed by atoms with Crippen LogP contribution in [0.25, 0.3) is 0 Å². The second kappa shape index (κ2) is 8.47. The van der Waals surface area contributed by atoms with Crippen LogP contribution in [0.3, 0.4) is 0 Å². The SMILES string of the molecule is CCOC(=O)CCc1csc(NCCNC(C)=O)n1. The van der Waals surface area contributed by atoms with Gasteiger partial charge in [0.05, 0.1) is 18.7 Å². The van der Waals surface area contributed by atoms with E-state index in [0.29, 0.717) is 32.5 Å². The van der Waals surface area contributed by atoms with E-state index in [4.69, 9.17) is 4.74 Å². The maximum absolute atomic E-state index is 11.2. The van der Waals surface area contributed by atoms with Crippen molar-refractivity contribution in [1.29, 1.82) is 0 Å². The Balaban J connectivity index is 2.24. The number of nitrogens with one attached hydrogen (secondary N) is 2. The summed E-state index contributed by atoms with van der Waals surface area (Å²) in [4.78, 5) is 26.2. The summed E-state index contributed by atoms with van der Waals surface area (Å²) in [6.07, 6.45) is 0.936. The Bertz CT molecular complexity index is 420. The molecule has 0 aliphatic rings. The number of aryl methyl sites for hydroxylation is 1. The van der Waals surface area contributed by atoms with Crippen LogP contribution in [-0.2, 0) is 20.7 Å². The van der Waals surface area contributed by atoms with Gasteiger partial charge in [-0.05, 0) is 6.92 Å². The van der Waals surface area contributed by atoms with E-state index >= 15 is 0 Å². The molecule has 2 N–H and O–H groups in total. The first-order chi connectivity index (χ1) is 9.11. The maximum atomic E-state index is 11.2. The minimum Gasteiger partial charge on any atom is -0.466 e. The highest BCUT2D eigenvalue weighted by Crippen LogP contribution is 2.16. The lowest BCUT2D eigenvalue weighted by molar-refractivity contribution is -0.143. The Morgan fingerprint density at radius 3 is 2.89 bits per heavy atom. The standard InChI is InChI=1S/C12H19N3O3S/c1-3-18-11(17)5-4-10-8-19-12(15-10)14-7-6-13-9(2)16/h8H,3-7H2,1-2H3,(H,13,16)(H,14,15). The van der Waals surface area contributed by atoms with Crippen LogP contribution in [0, 0.1) is 0 Å². The Labute approximate surface area is 116 Å². The fraction of sp³-hybridized carbons (Fsp3) is 0.583. The van der Waals surface area contributed by atoms with Crippen molar-refractivity contribution >= 4 is 28.3 Å². The third kappa shape index (κ3) is 6.76. The van der Waals surface area contributed by atoms with Gasteiger partial charge < -0.3 is 15.4 Å². The summed E-state index contributed by atoms with van der Waals surface area (Å²) in [5.41, 5.74) is 0.875. The molecule has 1 heterocycles. The van der Waals surface area contributed by atoms with Crippen LogP contribution in [0.2, 0.25) is 0 Å². The molecule has 0 radical (unpaired) electrons. The van der Waals surface area contributed by atoms with Crippen LogP contribution in [-0.4, -0.2) is 36.6 Å². The molecule has 1 rings (SSSR count). The first kappa shape index (κ1) is 15.4. The van der Waals surface area contributed by atoms with Gasteiger partial charge in [-0.25, -0.2) is 4.98 Å². The molecule has 0 aliphatic carbocycles. The van der Waals surface area contributed by atoms with Crippen LogP contribution in [0.5, 0.6) is 0 Å². The number of hydrogen-bond donors (Lipinski definition) is 2. The third-order valence-electron chi connectivity index (χ3n) is 2.22. The number of carbonyl (C=O) groups excluding carboxylic acids is 2. The highest BCUT2D eigenvalue weighted by Gasteiger charge is 2.06. The normalized spacial score (nSPS) is 10.0. The average molecular weight is 285 g/mol. The minimum absolute atomic E-state index is 0.0453. The van der Waals surface area contributed by atoms with Crippen molar-refractivity contribution in [3.8, 4) is 0 Å². The Kier molecular flexibility index (Phi) is 6.88. The first-order valence-corrected chi connectivity index (χ1v) is 7.08. The lowest BCUT2D eigenvalue weighted by atomic mass is 10.2. The molecule has 0 aromatic carbocycles. The molecule has 7 heteroatoms. The Morgan fingerprint density at radius 1 is 1.42 bits per heavy atom. The predicted molar refractivity (Wildman–Crippen MR) is 74.2 cm³/mol. The summed E-state index contributed by atoms with van der Waals surface area (Å²) in [6.45, 7) is 4.87. The van der Waals surface area contributed by atoms with Crippen LogP contribution < -0.4 is 10.6 Å². The van der Waals surface area contributed by atoms with E-state index in [9.17, 15) is 9.59 Å². The number of ether oxygens (including phenoxy) is 1. The Morgan fingerprint density at radius 2 is 2.21 bits per heavy atom. The van der Waals surface area contributed by atoms with Crippen LogP contribution in [0.1, 0.15) is 26.0 Å². The molecular formula is C12H19N3O3S. The van der Waals surface area contributed by atoms with Crippen molar-refractivity contribution < 1.29 is 14.3 Å². The molecule has 1 amide bonds. The lowest BCUT2D eigenvalue weighted by Gasteiger charge is -2.02. The molecule has 0 aliphatic heterocycles. The van der Waals surface area contributed by atoms with E-state index in [1.807, 2.05) is 5.38 Å². The van der Waals surface area contributed by atoms with E-state index < -0.39 is 0 Å². The largest absolute Gasteiger partial charge is 0.466 e. The highest BCUT2D eigenvalue weighted by molar-refractivity contribution is 7.13. The molecular weight excluding hydrogens is 266 g/mol. The van der Waals surface area contributed by atoms with Crippen molar-refractivity contribution in [1.82, 2.24) is 10.3 Å². The van der Waals surface area contributed by atoms with Crippen LogP contribution in [0.4, 0.5) is 5.13 Å². The molecule has 0 saturated heterocycles. The summed E-state index contributed by atoms with van der Waals surface area (Å²) in [7, 11) is 0. The predicted octanol–water partition coefficient (Wildman–Crippen LogP) is 1.19. The summed E-state index contributed by atoms with van der Waals surface area (Å²) < 4.78 is 4.85. The van der Waals surface area contributed by atoms with Gasteiger partial charge in [0.2, 0.25) is 5.91 Å². The number of hydrogen-bond acceptors (Lipinski definition) is 6. The quantitative estimate of drug-likeness (QED) is 0.554. The number of anilines is 1. The first-order valence-electron chi connectivity index (χ1n) is 6.20. The van der Waals surface area contributed by atoms with Gasteiger partial charge in [0, 0.05) is 31.8 Å². The van der Waals surface area contributed by atoms with E-state index in [-0.39, 0.29) is 11.9 Å². The van der Waals surface area contributed by atoms with E-state index in [1.54, 1.807) is 6.92 Å². The highest BCUT2D eigenvalue weighted by atomic mass is 32.1. The van der Waals surface area contributed by atoms with Crippen molar-refractivity contribution in [2.75, 3.05) is 25.0 Å². The molecule has 0 unspecified atom stereocenters. The Hall–Kier alpha value is -1.63. The van der Waals surface area contributed by atoms with E-state index in [0.717, 1.165) is 10.8 Å². The molecule has 0 fully saturated rings. The molecule has 1 aromatic rings. The number of amides is 1. The van der Waals surface area contributed by atoms with Gasteiger partial charge in [-0.1, -0.05) is 0 Å². The lowest BCUT2D eigenvalue weighted by Crippen LogP contribution is -2.26. The van der Waals surface area contributed by atoms with E-state index in [2.05, 4.69) is 15.6 Å². The van der Waals surface area contributed by atoms with Crippen molar-refractivity contribution in [3.05, 3.63) is 11.1 Å². The fourth-order valence-electron chi connectivity index (χ4n) is 1.37. The van der Waals surface area contributed by atoms with Gasteiger partial charge in [-0.3, -0.25) is 9.59 Å². The fourth-order valence-corrected chi connectivity index (χ4v) is 2.15. The summed E-state index contributed by atoms with van der Waals surface area (Å²) in [6, 6.07) is 0. The summed E-state index contributed by atoms with van der Waals surface area (Å²) in [5.74, 6) is -0.244. The third-order valence-corrected chi connectivity index (χ3v) is 3.07. The minimum atomic E-state index is -0.198. The molecule has 106 valence electrons. The molecule has 0 bridgehead atoms. The smallest absolute Gasteiger partial charge is 0.306 e. The number of thiazole rings is 1. The second-order valence-electron chi connectivity index (χ2n) is 3.86. The zero-order valence-corrected chi connectivity index (χ0v) is 12.0. The monoisotopic (exact) mass is 285 g/mol. The molecule has 6 nitrogen and oxygen atoms in total.